The van der Waals surface area contributed by atoms with Crippen LogP contribution in [0.4, 0.5) is 17.5 Å². The first-order valence-corrected chi connectivity index (χ1v) is 11.0. The van der Waals surface area contributed by atoms with Gasteiger partial charge in [0.2, 0.25) is 0 Å². The van der Waals surface area contributed by atoms with Crippen LogP contribution in [0.15, 0.2) is 36.7 Å². The lowest BCUT2D eigenvalue weighted by atomic mass is 9.89. The van der Waals surface area contributed by atoms with Gasteiger partial charge in [0.25, 0.3) is 5.91 Å². The fourth-order valence-electron chi connectivity index (χ4n) is 3.52. The number of hydrogen-bond acceptors (Lipinski definition) is 8. The van der Waals surface area contributed by atoms with Crippen molar-refractivity contribution in [2.24, 2.45) is 0 Å². The molecule has 1 aliphatic carbocycles. The molecule has 32 heavy (non-hydrogen) atoms. The number of pyridine rings is 1. The van der Waals surface area contributed by atoms with Crippen molar-refractivity contribution in [2.45, 2.75) is 44.2 Å². The summed E-state index contributed by atoms with van der Waals surface area (Å²) in [5.41, 5.74) is 0.770. The Labute approximate surface area is 186 Å². The minimum Gasteiger partial charge on any atom is -0.391 e. The number of aliphatic hydroxyl groups is 1. The third-order valence-electron chi connectivity index (χ3n) is 5.53. The van der Waals surface area contributed by atoms with Gasteiger partial charge in [-0.25, -0.2) is 9.97 Å². The van der Waals surface area contributed by atoms with Gasteiger partial charge in [-0.15, -0.1) is 0 Å². The van der Waals surface area contributed by atoms with Crippen LogP contribution in [0, 0.1) is 0 Å². The maximum atomic E-state index is 12.6. The van der Waals surface area contributed by atoms with Gasteiger partial charge >= 0.3 is 0 Å². The zero-order chi connectivity index (χ0) is 22.3. The molecule has 170 valence electrons. The van der Waals surface area contributed by atoms with Gasteiger partial charge in [0.1, 0.15) is 23.0 Å². The summed E-state index contributed by atoms with van der Waals surface area (Å²) in [5.74, 6) is 1.57. The minimum absolute atomic E-state index is 0.212. The van der Waals surface area contributed by atoms with Gasteiger partial charge in [0.15, 0.2) is 5.65 Å². The molecule has 2 atom stereocenters. The average molecular weight is 440 g/mol. The van der Waals surface area contributed by atoms with Crippen molar-refractivity contribution in [3.63, 3.8) is 0 Å². The second-order valence-corrected chi connectivity index (χ2v) is 7.81. The van der Waals surface area contributed by atoms with Crippen LogP contribution < -0.4 is 16.0 Å². The van der Waals surface area contributed by atoms with E-state index < -0.39 is 6.10 Å². The molecule has 4 heterocycles. The van der Waals surface area contributed by atoms with Gasteiger partial charge in [-0.2, -0.15) is 9.61 Å². The van der Waals surface area contributed by atoms with Crippen LogP contribution in [0.25, 0.3) is 5.65 Å². The Hall–Kier alpha value is -3.24. The molecule has 0 spiro atoms. The monoisotopic (exact) mass is 439 g/mol. The fourth-order valence-corrected chi connectivity index (χ4v) is 3.52. The lowest BCUT2D eigenvalue weighted by Gasteiger charge is -2.32. The van der Waals surface area contributed by atoms with E-state index in [1.54, 1.807) is 23.8 Å². The summed E-state index contributed by atoms with van der Waals surface area (Å²) in [6.45, 7) is 2.00. The highest BCUT2D eigenvalue weighted by atomic mass is 16.5. The van der Waals surface area contributed by atoms with Crippen molar-refractivity contribution >= 4 is 29.0 Å². The molecule has 2 unspecified atom stereocenters. The van der Waals surface area contributed by atoms with Crippen molar-refractivity contribution in [1.29, 1.82) is 0 Å². The van der Waals surface area contributed by atoms with Crippen LogP contribution >= 0.6 is 0 Å². The lowest BCUT2D eigenvalue weighted by molar-refractivity contribution is 0.0448. The smallest absolute Gasteiger partial charge is 0.257 e. The summed E-state index contributed by atoms with van der Waals surface area (Å²) in [6.07, 6.45) is 8.09. The van der Waals surface area contributed by atoms with E-state index in [9.17, 15) is 9.90 Å². The van der Waals surface area contributed by atoms with Crippen molar-refractivity contribution in [1.82, 2.24) is 24.9 Å². The molecule has 3 aromatic rings. The normalized spacial score (nSPS) is 19.9. The van der Waals surface area contributed by atoms with Gasteiger partial charge < -0.3 is 25.8 Å². The molecule has 0 bridgehead atoms. The largest absolute Gasteiger partial charge is 0.391 e. The van der Waals surface area contributed by atoms with E-state index in [1.165, 1.54) is 25.5 Å². The highest BCUT2D eigenvalue weighted by Crippen LogP contribution is 2.23. The summed E-state index contributed by atoms with van der Waals surface area (Å²) in [4.78, 5) is 21.3. The first kappa shape index (κ1) is 22.0. The number of nitrogens with zero attached hydrogens (tertiary/aromatic N) is 4. The molecule has 4 N–H and O–H groups in total. The minimum atomic E-state index is -0.483. The second kappa shape index (κ2) is 10.4. The number of nitrogens with one attached hydrogen (secondary N) is 3. The number of amides is 1. The number of carbonyl (C=O) groups is 1. The molecule has 1 saturated carbocycles. The molecule has 10 nitrogen and oxygen atoms in total. The van der Waals surface area contributed by atoms with E-state index in [-0.39, 0.29) is 11.9 Å². The third-order valence-corrected chi connectivity index (χ3v) is 5.53. The maximum Gasteiger partial charge on any atom is 0.257 e. The van der Waals surface area contributed by atoms with E-state index in [1.807, 2.05) is 18.2 Å². The fraction of sp³-hybridized carbons (Fsp3) is 0.455. The van der Waals surface area contributed by atoms with Crippen molar-refractivity contribution < 1.29 is 14.6 Å². The van der Waals surface area contributed by atoms with Crippen LogP contribution in [-0.2, 0) is 4.74 Å². The molecule has 0 radical (unpaired) electrons. The summed E-state index contributed by atoms with van der Waals surface area (Å²) in [7, 11) is 1.77. The van der Waals surface area contributed by atoms with Gasteiger partial charge in [0.05, 0.1) is 18.3 Å². The van der Waals surface area contributed by atoms with Gasteiger partial charge in [0, 0.05) is 32.5 Å². The van der Waals surface area contributed by atoms with E-state index >= 15 is 0 Å². The number of carbonyl (C=O) groups excluding carboxylic acids is 1. The Bertz CT molecular complexity index is 1030. The molecular formula is C22H29N7O3. The Kier molecular flexibility index (Phi) is 7.13. The van der Waals surface area contributed by atoms with Crippen LogP contribution in [0.2, 0.25) is 0 Å². The zero-order valence-electron chi connectivity index (χ0n) is 18.1. The summed E-state index contributed by atoms with van der Waals surface area (Å²) >= 11 is 0. The van der Waals surface area contributed by atoms with Gasteiger partial charge in [-0.3, -0.25) is 4.79 Å². The van der Waals surface area contributed by atoms with E-state index in [2.05, 4.69) is 31.0 Å². The maximum absolute atomic E-state index is 12.6. The van der Waals surface area contributed by atoms with Gasteiger partial charge in [-0.05, 0) is 44.2 Å². The highest BCUT2D eigenvalue weighted by molar-refractivity contribution is 6.00. The van der Waals surface area contributed by atoms with Crippen molar-refractivity contribution in [3.05, 3.63) is 42.2 Å². The quantitative estimate of drug-likeness (QED) is 0.477. The highest BCUT2D eigenvalue weighted by Gasteiger charge is 2.31. The van der Waals surface area contributed by atoms with E-state index in [4.69, 9.17) is 4.74 Å². The number of fused-ring (bicyclic) bond motifs is 1. The first-order chi connectivity index (χ1) is 15.7. The zero-order valence-corrected chi connectivity index (χ0v) is 18.1. The predicted octanol–water partition coefficient (Wildman–Crippen LogP) is 2.35. The number of anilines is 3. The molecule has 10 heteroatoms. The molecule has 3 aromatic heterocycles. The average Bonchev–Trinajstić information content (AvgIpc) is 3.27. The molecule has 0 aromatic carbocycles. The Morgan fingerprint density at radius 3 is 2.59 bits per heavy atom. The number of aromatic nitrogens is 4. The number of aliphatic hydroxyl groups excluding tert-OH is 1. The van der Waals surface area contributed by atoms with Gasteiger partial charge in [-0.1, -0.05) is 6.07 Å². The second-order valence-electron chi connectivity index (χ2n) is 7.81. The SMILES string of the molecule is C1CCOCC1.CNc1cc(Nc2ccccn2)nc2c(C(=O)NC3CCC3O)cnn12. The molecule has 5 rings (SSSR count). The summed E-state index contributed by atoms with van der Waals surface area (Å²) < 4.78 is 6.63. The molecule has 2 aliphatic rings. The standard InChI is InChI=1S/C17H19N7O2.C5H10O/c1-18-15-8-14(22-13-4-2-3-7-19-13)23-16-10(9-20-24(15)16)17(26)21-11-5-6-12(11)25;1-2-4-6-5-3-1/h2-4,7-9,11-12,18,25H,5-6H2,1H3,(H,21,26)(H,19,22,23);1-5H2. The molecule has 1 aliphatic heterocycles. The third kappa shape index (κ3) is 5.14. The molecular weight excluding hydrogens is 410 g/mol. The number of hydrogen-bond donors (Lipinski definition) is 4. The van der Waals surface area contributed by atoms with Crippen LogP contribution in [0.1, 0.15) is 42.5 Å². The molecule has 1 amide bonds. The number of ether oxygens (including phenoxy) is 1. The van der Waals surface area contributed by atoms with Crippen LogP contribution in [-0.4, -0.2) is 63.0 Å². The summed E-state index contributed by atoms with van der Waals surface area (Å²) in [6, 6.07) is 7.10. The Balaban J connectivity index is 0.000000354. The van der Waals surface area contributed by atoms with Crippen molar-refractivity contribution in [3.8, 4) is 0 Å². The van der Waals surface area contributed by atoms with Crippen molar-refractivity contribution in [2.75, 3.05) is 30.9 Å². The van der Waals surface area contributed by atoms with E-state index in [0.29, 0.717) is 35.1 Å². The lowest BCUT2D eigenvalue weighted by Crippen LogP contribution is -2.50. The first-order valence-electron chi connectivity index (χ1n) is 11.0. The molecule has 1 saturated heterocycles. The van der Waals surface area contributed by atoms with E-state index in [0.717, 1.165) is 19.6 Å². The Morgan fingerprint density at radius 2 is 2.03 bits per heavy atom. The van der Waals surface area contributed by atoms with Crippen LogP contribution in [0.5, 0.6) is 0 Å². The number of rotatable bonds is 5. The predicted molar refractivity (Wildman–Crippen MR) is 121 cm³/mol. The topological polar surface area (TPSA) is 126 Å². The molecule has 2 fully saturated rings. The summed E-state index contributed by atoms with van der Waals surface area (Å²) in [5, 5.41) is 22.9. The van der Waals surface area contributed by atoms with Crippen LogP contribution in [0.3, 0.4) is 0 Å². The Morgan fingerprint density at radius 1 is 1.19 bits per heavy atom.